The summed E-state index contributed by atoms with van der Waals surface area (Å²) in [5, 5.41) is 11.3. The van der Waals surface area contributed by atoms with Crippen molar-refractivity contribution in [1.29, 1.82) is 5.26 Å². The molecule has 40 heavy (non-hydrogen) atoms. The van der Waals surface area contributed by atoms with Crippen molar-refractivity contribution >= 4 is 43.1 Å². The Morgan fingerprint density at radius 2 is 1.95 bits per heavy atom. The van der Waals surface area contributed by atoms with E-state index in [-0.39, 0.29) is 11.5 Å². The van der Waals surface area contributed by atoms with Crippen LogP contribution in [0.25, 0.3) is 44.0 Å². The molecule has 10 heteroatoms. The van der Waals surface area contributed by atoms with Gasteiger partial charge in [-0.3, -0.25) is 9.78 Å². The second kappa shape index (κ2) is 10.2. The fraction of sp³-hybridized carbons (Fsp3) is 0.300. The number of hydrogen-bond acceptors (Lipinski definition) is 6. The second-order valence-electron chi connectivity index (χ2n) is 10.2. The van der Waals surface area contributed by atoms with Gasteiger partial charge in [0.15, 0.2) is 5.43 Å². The van der Waals surface area contributed by atoms with Crippen LogP contribution in [0.2, 0.25) is 0 Å². The summed E-state index contributed by atoms with van der Waals surface area (Å²) in [7, 11) is -4.95. The van der Waals surface area contributed by atoms with Gasteiger partial charge in [0.1, 0.15) is 10.5 Å². The van der Waals surface area contributed by atoms with E-state index in [9.17, 15) is 22.4 Å². The zero-order valence-corrected chi connectivity index (χ0v) is 22.7. The zero-order chi connectivity index (χ0) is 28.0. The molecule has 3 aromatic heterocycles. The summed E-state index contributed by atoms with van der Waals surface area (Å²) in [6.45, 7) is 3.24. The Bertz CT molecular complexity index is 2000. The Balaban J connectivity index is 1.73. The topological polar surface area (TPSA) is 118 Å². The monoisotopic (exact) mass is 558 g/mol. The number of fused-ring (bicyclic) bond motifs is 4. The summed E-state index contributed by atoms with van der Waals surface area (Å²) in [6, 6.07) is 12.6. The number of hydrogen-bond donors (Lipinski definition) is 1. The quantitative estimate of drug-likeness (QED) is 0.259. The molecule has 1 fully saturated rings. The highest BCUT2D eigenvalue weighted by atomic mass is 32.3. The molecule has 2 aromatic carbocycles. The van der Waals surface area contributed by atoms with Crippen LogP contribution in [0.5, 0.6) is 0 Å². The minimum Gasteiger partial charge on any atom is -0.381 e. The van der Waals surface area contributed by atoms with Crippen molar-refractivity contribution in [2.45, 2.75) is 50.0 Å². The third-order valence-electron chi connectivity index (χ3n) is 7.76. The molecule has 1 aliphatic heterocycles. The number of H-pyrrole nitrogens is 1. The Labute approximate surface area is 230 Å². The molecular formula is C30H27FN4O4S. The van der Waals surface area contributed by atoms with E-state index in [1.54, 1.807) is 12.1 Å². The van der Waals surface area contributed by atoms with Crippen molar-refractivity contribution < 1.29 is 17.0 Å². The molecule has 1 aliphatic rings. The van der Waals surface area contributed by atoms with Crippen LogP contribution in [0.15, 0.2) is 58.5 Å². The van der Waals surface area contributed by atoms with Gasteiger partial charge in [-0.1, -0.05) is 19.4 Å². The molecule has 0 radical (unpaired) electrons. The molecule has 0 spiro atoms. The molecule has 0 atom stereocenters. The highest BCUT2D eigenvalue weighted by Crippen LogP contribution is 2.36. The zero-order valence-electron chi connectivity index (χ0n) is 21.9. The maximum Gasteiger partial charge on any atom is 0.333 e. The molecule has 8 nitrogen and oxygen atoms in total. The summed E-state index contributed by atoms with van der Waals surface area (Å²) in [6.07, 6.45) is 6.44. The van der Waals surface area contributed by atoms with Crippen LogP contribution in [0, 0.1) is 11.3 Å². The van der Waals surface area contributed by atoms with E-state index in [0.29, 0.717) is 63.8 Å². The first-order chi connectivity index (χ1) is 19.3. The lowest BCUT2D eigenvalue weighted by molar-refractivity contribution is 0.0715. The molecule has 5 aromatic rings. The SMILES string of the molecule is CCCCc1cc2c(=O)c3c4ccc(C#N)cc4[nH]c3n(C3CCOCC3)c2cc1-c1cncc(S(=O)(=O)F)c1. The maximum atomic E-state index is 14.1. The summed E-state index contributed by atoms with van der Waals surface area (Å²) in [4.78, 5) is 21.1. The highest BCUT2D eigenvalue weighted by Gasteiger charge is 2.25. The molecule has 0 unspecified atom stereocenters. The molecule has 1 saturated heterocycles. The predicted octanol–water partition coefficient (Wildman–Crippen LogP) is 5.92. The first-order valence-electron chi connectivity index (χ1n) is 13.3. The molecule has 1 N–H and O–H groups in total. The van der Waals surface area contributed by atoms with Crippen molar-refractivity contribution in [3.05, 3.63) is 70.1 Å². The lowest BCUT2D eigenvalue weighted by atomic mass is 9.93. The van der Waals surface area contributed by atoms with Crippen molar-refractivity contribution in [2.24, 2.45) is 0 Å². The Morgan fingerprint density at radius 3 is 2.67 bits per heavy atom. The van der Waals surface area contributed by atoms with Crippen molar-refractivity contribution in [3.63, 3.8) is 0 Å². The van der Waals surface area contributed by atoms with E-state index < -0.39 is 15.1 Å². The fourth-order valence-electron chi connectivity index (χ4n) is 5.80. The van der Waals surface area contributed by atoms with Crippen LogP contribution in [0.4, 0.5) is 3.89 Å². The normalized spacial score (nSPS) is 14.7. The highest BCUT2D eigenvalue weighted by molar-refractivity contribution is 7.86. The van der Waals surface area contributed by atoms with Gasteiger partial charge in [0.2, 0.25) is 0 Å². The molecule has 0 bridgehead atoms. The standard InChI is InChI=1S/C30H27FN4O4S/c1-2-3-4-19-13-25-27(14-24(19)20-12-22(17-33-16-20)40(31,37)38)35(21-7-9-39-10-8-21)30-28(29(25)36)23-6-5-18(15-32)11-26(23)34-30/h5-6,11-14,16-17,21,34H,2-4,7-10H2,1H3. The number of rotatable bonds is 6. The number of pyridine rings is 2. The van der Waals surface area contributed by atoms with E-state index in [1.807, 2.05) is 18.2 Å². The molecule has 204 valence electrons. The number of benzene rings is 2. The molecule has 6 rings (SSSR count). The number of aromatic nitrogens is 3. The minimum absolute atomic E-state index is 0.0351. The smallest absolute Gasteiger partial charge is 0.333 e. The maximum absolute atomic E-state index is 14.1. The first kappa shape index (κ1) is 26.2. The predicted molar refractivity (Wildman–Crippen MR) is 152 cm³/mol. The van der Waals surface area contributed by atoms with Gasteiger partial charge in [-0.25, -0.2) is 0 Å². The third kappa shape index (κ3) is 4.45. The van der Waals surface area contributed by atoms with E-state index in [2.05, 4.69) is 27.5 Å². The van der Waals surface area contributed by atoms with Crippen LogP contribution in [-0.2, 0) is 21.4 Å². The summed E-state index contributed by atoms with van der Waals surface area (Å²) >= 11 is 0. The van der Waals surface area contributed by atoms with Crippen LogP contribution in [0.3, 0.4) is 0 Å². The number of halogens is 1. The molecule has 0 amide bonds. The van der Waals surface area contributed by atoms with Crippen LogP contribution in [-0.4, -0.2) is 36.2 Å². The van der Waals surface area contributed by atoms with Crippen LogP contribution < -0.4 is 5.43 Å². The summed E-state index contributed by atoms with van der Waals surface area (Å²) in [5.41, 5.74) is 4.49. The number of aryl methyl sites for hydroxylation is 1. The van der Waals surface area contributed by atoms with E-state index in [1.165, 1.54) is 12.3 Å². The average molecular weight is 559 g/mol. The fourth-order valence-corrected chi connectivity index (χ4v) is 6.25. The van der Waals surface area contributed by atoms with Gasteiger partial charge in [0, 0.05) is 53.5 Å². The number of nitrogens with zero attached hydrogens (tertiary/aromatic N) is 3. The first-order valence-corrected chi connectivity index (χ1v) is 14.7. The Morgan fingerprint density at radius 1 is 1.15 bits per heavy atom. The average Bonchev–Trinajstić information content (AvgIpc) is 3.34. The third-order valence-corrected chi connectivity index (χ3v) is 8.55. The van der Waals surface area contributed by atoms with Gasteiger partial charge in [0.05, 0.1) is 22.5 Å². The molecule has 0 saturated carbocycles. The lowest BCUT2D eigenvalue weighted by Crippen LogP contribution is -2.22. The van der Waals surface area contributed by atoms with Gasteiger partial charge in [-0.15, -0.1) is 3.89 Å². The molecular weight excluding hydrogens is 531 g/mol. The number of nitriles is 1. The van der Waals surface area contributed by atoms with E-state index >= 15 is 0 Å². The Hall–Kier alpha value is -4.07. The number of aromatic amines is 1. The minimum atomic E-state index is -4.95. The van der Waals surface area contributed by atoms with Gasteiger partial charge >= 0.3 is 10.2 Å². The van der Waals surface area contributed by atoms with Gasteiger partial charge in [0.25, 0.3) is 0 Å². The van der Waals surface area contributed by atoms with E-state index in [0.717, 1.165) is 42.8 Å². The lowest BCUT2D eigenvalue weighted by Gasteiger charge is -2.28. The van der Waals surface area contributed by atoms with E-state index in [4.69, 9.17) is 4.74 Å². The van der Waals surface area contributed by atoms with Crippen LogP contribution >= 0.6 is 0 Å². The molecule has 0 aliphatic carbocycles. The van der Waals surface area contributed by atoms with Gasteiger partial charge in [-0.05, 0) is 67.1 Å². The number of nitrogens with one attached hydrogen (secondary N) is 1. The van der Waals surface area contributed by atoms with Crippen molar-refractivity contribution in [3.8, 4) is 17.2 Å². The second-order valence-corrected chi connectivity index (χ2v) is 11.6. The summed E-state index contributed by atoms with van der Waals surface area (Å²) in [5.74, 6) is 0. The van der Waals surface area contributed by atoms with Gasteiger partial charge in [-0.2, -0.15) is 13.7 Å². The number of ether oxygens (including phenoxy) is 1. The van der Waals surface area contributed by atoms with Gasteiger partial charge < -0.3 is 14.3 Å². The van der Waals surface area contributed by atoms with Crippen molar-refractivity contribution in [1.82, 2.24) is 14.5 Å². The van der Waals surface area contributed by atoms with Crippen LogP contribution in [0.1, 0.15) is 49.8 Å². The summed E-state index contributed by atoms with van der Waals surface area (Å²) < 4.78 is 45.1. The van der Waals surface area contributed by atoms with Crippen molar-refractivity contribution in [2.75, 3.05) is 13.2 Å². The largest absolute Gasteiger partial charge is 0.381 e. The number of unbranched alkanes of at least 4 members (excludes halogenated alkanes) is 1. The Kier molecular flexibility index (Phi) is 6.64. The molecule has 4 heterocycles.